The molecule has 0 fully saturated rings. The fourth-order valence-electron chi connectivity index (χ4n) is 1.21. The summed E-state index contributed by atoms with van der Waals surface area (Å²) < 4.78 is 42.1. The molecule has 0 spiro atoms. The van der Waals surface area contributed by atoms with Crippen LogP contribution in [0.2, 0.25) is 0 Å². The predicted molar refractivity (Wildman–Crippen MR) is 69.1 cm³/mol. The second-order valence-electron chi connectivity index (χ2n) is 4.51. The van der Waals surface area contributed by atoms with E-state index >= 15 is 0 Å². The van der Waals surface area contributed by atoms with E-state index in [0.717, 1.165) is 12.1 Å². The van der Waals surface area contributed by atoms with Crippen molar-refractivity contribution in [1.29, 1.82) is 0 Å². The summed E-state index contributed by atoms with van der Waals surface area (Å²) in [6.07, 6.45) is -0.114. The van der Waals surface area contributed by atoms with E-state index < -0.39 is 18.1 Å². The predicted octanol–water partition coefficient (Wildman–Crippen LogP) is 2.36. The van der Waals surface area contributed by atoms with E-state index in [1.165, 1.54) is 6.07 Å². The molecule has 0 bridgehead atoms. The fraction of sp³-hybridized carbons (Fsp3) is 0.538. The zero-order chi connectivity index (χ0) is 14.4. The van der Waals surface area contributed by atoms with Gasteiger partial charge in [0.2, 0.25) is 0 Å². The Kier molecular flexibility index (Phi) is 6.57. The third-order valence-corrected chi connectivity index (χ3v) is 2.82. The Balaban J connectivity index is 2.56. The van der Waals surface area contributed by atoms with Crippen LogP contribution < -0.4 is 5.19 Å². The molecule has 1 aromatic rings. The van der Waals surface area contributed by atoms with E-state index in [4.69, 9.17) is 13.9 Å². The molecule has 3 nitrogen and oxygen atoms in total. The average Bonchev–Trinajstić information content (AvgIpc) is 2.29. The van der Waals surface area contributed by atoms with Crippen molar-refractivity contribution in [1.82, 2.24) is 0 Å². The summed E-state index contributed by atoms with van der Waals surface area (Å²) in [4.78, 5) is 0. The maximum Gasteiger partial charge on any atom is 0.275 e. The molecule has 0 atom stereocenters. The summed E-state index contributed by atoms with van der Waals surface area (Å²) in [6.45, 7) is 6.63. The highest BCUT2D eigenvalue weighted by Gasteiger charge is 2.15. The minimum Gasteiger partial charge on any atom is -0.366 e. The van der Waals surface area contributed by atoms with Crippen molar-refractivity contribution in [3.05, 3.63) is 29.8 Å². The van der Waals surface area contributed by atoms with E-state index in [9.17, 15) is 8.78 Å². The van der Waals surface area contributed by atoms with Crippen LogP contribution in [0.15, 0.2) is 18.2 Å². The normalized spacial score (nSPS) is 11.8. The molecule has 0 aliphatic heterocycles. The van der Waals surface area contributed by atoms with Crippen LogP contribution in [0.3, 0.4) is 0 Å². The van der Waals surface area contributed by atoms with Crippen LogP contribution in [0.1, 0.15) is 27.7 Å². The first-order chi connectivity index (χ1) is 8.88. The Hall–Kier alpha value is -0.823. The SMILES string of the molecule is CC(C)OC(O[Si]c1ccc(F)c(F)c1)OC(C)C. The molecule has 0 saturated heterocycles. The van der Waals surface area contributed by atoms with E-state index in [1.54, 1.807) is 0 Å². The van der Waals surface area contributed by atoms with Gasteiger partial charge < -0.3 is 13.9 Å². The Bertz CT molecular complexity index is 389. The van der Waals surface area contributed by atoms with Gasteiger partial charge in [0.05, 0.1) is 12.2 Å². The van der Waals surface area contributed by atoms with Gasteiger partial charge in [-0.2, -0.15) is 0 Å². The molecule has 6 heteroatoms. The molecule has 0 amide bonds. The molecule has 1 rings (SSSR count). The zero-order valence-corrected chi connectivity index (χ0v) is 12.4. The number of rotatable bonds is 7. The van der Waals surface area contributed by atoms with Gasteiger partial charge in [-0.3, -0.25) is 0 Å². The van der Waals surface area contributed by atoms with Crippen molar-refractivity contribution in [3.63, 3.8) is 0 Å². The zero-order valence-electron chi connectivity index (χ0n) is 11.4. The van der Waals surface area contributed by atoms with Crippen LogP contribution in [0.4, 0.5) is 8.78 Å². The highest BCUT2D eigenvalue weighted by molar-refractivity contribution is 6.46. The van der Waals surface area contributed by atoms with Crippen molar-refractivity contribution in [3.8, 4) is 0 Å². The Morgan fingerprint density at radius 1 is 0.947 bits per heavy atom. The molecule has 0 unspecified atom stereocenters. The van der Waals surface area contributed by atoms with Gasteiger partial charge in [0.25, 0.3) is 16.2 Å². The highest BCUT2D eigenvalue weighted by Crippen LogP contribution is 2.06. The van der Waals surface area contributed by atoms with Gasteiger partial charge in [-0.1, -0.05) is 6.07 Å². The van der Waals surface area contributed by atoms with Gasteiger partial charge in [0.1, 0.15) is 0 Å². The van der Waals surface area contributed by atoms with Gasteiger partial charge in [0, 0.05) is 0 Å². The maximum atomic E-state index is 13.0. The van der Waals surface area contributed by atoms with Crippen molar-refractivity contribution in [2.45, 2.75) is 46.4 Å². The van der Waals surface area contributed by atoms with Crippen molar-refractivity contribution < 1.29 is 22.7 Å². The first-order valence-corrected chi connectivity index (χ1v) is 6.97. The van der Waals surface area contributed by atoms with Crippen molar-refractivity contribution in [2.75, 3.05) is 0 Å². The molecule has 0 aromatic heterocycles. The molecular formula is C13H18F2O3Si. The van der Waals surface area contributed by atoms with E-state index in [1.807, 2.05) is 27.7 Å². The Morgan fingerprint density at radius 2 is 1.53 bits per heavy atom. The molecule has 2 radical (unpaired) electrons. The number of hydrogen-bond acceptors (Lipinski definition) is 3. The van der Waals surface area contributed by atoms with Gasteiger partial charge >= 0.3 is 0 Å². The van der Waals surface area contributed by atoms with Crippen LogP contribution in [0.5, 0.6) is 0 Å². The summed E-state index contributed by atoms with van der Waals surface area (Å²) >= 11 is 0. The Labute approximate surface area is 114 Å². The molecule has 0 aliphatic carbocycles. The van der Waals surface area contributed by atoms with E-state index in [0.29, 0.717) is 5.19 Å². The monoisotopic (exact) mass is 288 g/mol. The minimum atomic E-state index is -0.889. The summed E-state index contributed by atoms with van der Waals surface area (Å²) in [7, 11) is -0.180. The van der Waals surface area contributed by atoms with Gasteiger partial charge in [-0.15, -0.1) is 0 Å². The first-order valence-electron chi connectivity index (χ1n) is 6.06. The lowest BCUT2D eigenvalue weighted by molar-refractivity contribution is -0.274. The summed E-state index contributed by atoms with van der Waals surface area (Å²) in [5.74, 6) is -1.76. The Morgan fingerprint density at radius 3 is 2.00 bits per heavy atom. The van der Waals surface area contributed by atoms with Crippen LogP contribution in [-0.2, 0) is 13.9 Å². The third-order valence-electron chi connectivity index (χ3n) is 1.96. The molecule has 0 aliphatic rings. The van der Waals surface area contributed by atoms with Crippen LogP contribution >= 0.6 is 0 Å². The van der Waals surface area contributed by atoms with Crippen LogP contribution in [0, 0.1) is 11.6 Å². The second kappa shape index (κ2) is 7.69. The summed E-state index contributed by atoms with van der Waals surface area (Å²) in [5.41, 5.74) is 0. The number of hydrogen-bond donors (Lipinski definition) is 0. The molecule has 1 aromatic carbocycles. The minimum absolute atomic E-state index is 0.0569. The molecule has 0 saturated carbocycles. The van der Waals surface area contributed by atoms with E-state index in [2.05, 4.69) is 0 Å². The number of halogens is 2. The van der Waals surface area contributed by atoms with Gasteiger partial charge in [-0.25, -0.2) is 8.78 Å². The maximum absolute atomic E-state index is 13.0. The number of ether oxygens (including phenoxy) is 2. The smallest absolute Gasteiger partial charge is 0.275 e. The van der Waals surface area contributed by atoms with Crippen molar-refractivity contribution >= 4 is 14.9 Å². The van der Waals surface area contributed by atoms with Gasteiger partial charge in [-0.05, 0) is 45.0 Å². The lowest BCUT2D eigenvalue weighted by atomic mass is 10.3. The molecule has 19 heavy (non-hydrogen) atoms. The van der Waals surface area contributed by atoms with Gasteiger partial charge in [0.15, 0.2) is 11.6 Å². The number of benzene rings is 1. The molecule has 106 valence electrons. The second-order valence-corrected chi connectivity index (χ2v) is 5.52. The van der Waals surface area contributed by atoms with Crippen molar-refractivity contribution in [2.24, 2.45) is 0 Å². The van der Waals surface area contributed by atoms with Crippen LogP contribution in [-0.4, -0.2) is 28.4 Å². The summed E-state index contributed by atoms with van der Waals surface area (Å²) in [5, 5.41) is 0.545. The summed E-state index contributed by atoms with van der Waals surface area (Å²) in [6, 6.07) is 3.65. The lowest BCUT2D eigenvalue weighted by Gasteiger charge is -2.22. The quantitative estimate of drug-likeness (QED) is 0.569. The largest absolute Gasteiger partial charge is 0.366 e. The van der Waals surface area contributed by atoms with E-state index in [-0.39, 0.29) is 22.0 Å². The topological polar surface area (TPSA) is 27.7 Å². The highest BCUT2D eigenvalue weighted by atomic mass is 28.2. The molecule has 0 heterocycles. The molecular weight excluding hydrogens is 270 g/mol. The van der Waals surface area contributed by atoms with Crippen LogP contribution in [0.25, 0.3) is 0 Å². The standard InChI is InChI=1S/C13H18F2O3Si/c1-8(2)16-13(17-9(3)4)18-19-10-5-6-11(14)12(15)7-10/h5-9,13H,1-4H3. The molecule has 0 N–H and O–H groups in total. The fourth-order valence-corrected chi connectivity index (χ4v) is 1.89. The first kappa shape index (κ1) is 16.2. The lowest BCUT2D eigenvalue weighted by Crippen LogP contribution is -2.32. The third kappa shape index (κ3) is 6.24. The average molecular weight is 288 g/mol.